The number of imide groups is 1. The van der Waals surface area contributed by atoms with Crippen molar-refractivity contribution in [2.24, 2.45) is 5.92 Å². The Kier molecular flexibility index (Phi) is 4.62. The molecule has 3 atom stereocenters. The maximum atomic E-state index is 13.3. The average Bonchev–Trinajstić information content (AvgIpc) is 3.44. The Balaban J connectivity index is 1.50. The van der Waals surface area contributed by atoms with Crippen LogP contribution in [0, 0.1) is 5.92 Å². The summed E-state index contributed by atoms with van der Waals surface area (Å²) in [5.74, 6) is -1.07. The minimum atomic E-state index is -0.825. The van der Waals surface area contributed by atoms with Gasteiger partial charge >= 0.3 is 0 Å². The lowest BCUT2D eigenvalue weighted by atomic mass is 9.95. The van der Waals surface area contributed by atoms with E-state index in [1.54, 1.807) is 28.5 Å². The number of thiophene rings is 1. The highest BCUT2D eigenvalue weighted by atomic mass is 35.5. The Morgan fingerprint density at radius 1 is 0.931 bits per heavy atom. The molecule has 2 fully saturated rings. The molecule has 2 aromatic carbocycles. The van der Waals surface area contributed by atoms with Crippen LogP contribution in [0.1, 0.15) is 16.5 Å². The van der Waals surface area contributed by atoms with Crippen LogP contribution in [0.2, 0.25) is 5.02 Å². The van der Waals surface area contributed by atoms with Crippen LogP contribution in [0.25, 0.3) is 0 Å². The summed E-state index contributed by atoms with van der Waals surface area (Å²) >= 11 is 7.57. The lowest BCUT2D eigenvalue weighted by molar-refractivity contribution is -0.143. The summed E-state index contributed by atoms with van der Waals surface area (Å²) in [6, 6.07) is 20.3. The van der Waals surface area contributed by atoms with Gasteiger partial charge in [0, 0.05) is 9.90 Å². The molecule has 0 aliphatic carbocycles. The van der Waals surface area contributed by atoms with Crippen LogP contribution >= 0.6 is 22.9 Å². The van der Waals surface area contributed by atoms with Crippen LogP contribution < -0.4 is 5.06 Å². The van der Waals surface area contributed by atoms with Crippen molar-refractivity contribution in [3.05, 3.63) is 87.6 Å². The molecular formula is C22H17ClN2O3S. The largest absolute Gasteiger partial charge is 0.275 e. The summed E-state index contributed by atoms with van der Waals surface area (Å²) in [6.07, 6.45) is -0.825. The molecule has 0 bridgehead atoms. The van der Waals surface area contributed by atoms with Crippen molar-refractivity contribution in [3.63, 3.8) is 0 Å². The van der Waals surface area contributed by atoms with Gasteiger partial charge < -0.3 is 0 Å². The molecule has 2 aliphatic rings. The molecule has 0 saturated carbocycles. The Morgan fingerprint density at radius 3 is 2.38 bits per heavy atom. The number of fused-ring (bicyclic) bond motifs is 1. The molecule has 2 amide bonds. The number of hydroxylamine groups is 1. The van der Waals surface area contributed by atoms with Gasteiger partial charge in [0.15, 0.2) is 6.10 Å². The smallest absolute Gasteiger partial charge is 0.262 e. The zero-order chi connectivity index (χ0) is 20.0. The van der Waals surface area contributed by atoms with Gasteiger partial charge in [0.2, 0.25) is 5.91 Å². The van der Waals surface area contributed by atoms with E-state index in [1.807, 2.05) is 60.0 Å². The normalized spacial score (nSPS) is 23.7. The number of hydrogen-bond donors (Lipinski definition) is 0. The number of carbonyl (C=O) groups is 2. The third-order valence-electron chi connectivity index (χ3n) is 5.31. The van der Waals surface area contributed by atoms with Crippen LogP contribution in [0.3, 0.4) is 0 Å². The summed E-state index contributed by atoms with van der Waals surface area (Å²) in [4.78, 5) is 34.8. The summed E-state index contributed by atoms with van der Waals surface area (Å²) in [5, 5.41) is 4.26. The molecule has 3 heterocycles. The highest BCUT2D eigenvalue weighted by Crippen LogP contribution is 2.48. The van der Waals surface area contributed by atoms with Crippen molar-refractivity contribution >= 4 is 40.4 Å². The monoisotopic (exact) mass is 424 g/mol. The maximum Gasteiger partial charge on any atom is 0.262 e. The summed E-state index contributed by atoms with van der Waals surface area (Å²) in [5.41, 5.74) is 1.67. The van der Waals surface area contributed by atoms with Crippen molar-refractivity contribution in [2.45, 2.75) is 18.7 Å². The fourth-order valence-corrected chi connectivity index (χ4v) is 4.93. The number of hydrogen-bond acceptors (Lipinski definition) is 5. The van der Waals surface area contributed by atoms with Gasteiger partial charge in [-0.3, -0.25) is 19.3 Å². The lowest BCUT2D eigenvalue weighted by Crippen LogP contribution is -2.36. The fraction of sp³-hybridized carbons (Fsp3) is 0.182. The van der Waals surface area contributed by atoms with E-state index < -0.39 is 12.0 Å². The lowest BCUT2D eigenvalue weighted by Gasteiger charge is -2.27. The van der Waals surface area contributed by atoms with E-state index in [0.717, 1.165) is 16.1 Å². The van der Waals surface area contributed by atoms with Crippen molar-refractivity contribution < 1.29 is 14.4 Å². The minimum Gasteiger partial charge on any atom is -0.275 e. The molecule has 7 heteroatoms. The predicted molar refractivity (Wildman–Crippen MR) is 111 cm³/mol. The third-order valence-corrected chi connectivity index (χ3v) is 6.50. The topological polar surface area (TPSA) is 49.9 Å². The highest BCUT2D eigenvalue weighted by molar-refractivity contribution is 7.10. The first-order valence-corrected chi connectivity index (χ1v) is 10.5. The van der Waals surface area contributed by atoms with Crippen LogP contribution in [-0.2, 0) is 21.0 Å². The molecule has 0 unspecified atom stereocenters. The van der Waals surface area contributed by atoms with E-state index in [0.29, 0.717) is 5.02 Å². The van der Waals surface area contributed by atoms with E-state index >= 15 is 0 Å². The second kappa shape index (κ2) is 7.30. The Morgan fingerprint density at radius 2 is 1.69 bits per heavy atom. The Labute approximate surface area is 177 Å². The quantitative estimate of drug-likeness (QED) is 0.581. The van der Waals surface area contributed by atoms with Gasteiger partial charge in [-0.05, 0) is 41.3 Å². The molecule has 2 aliphatic heterocycles. The van der Waals surface area contributed by atoms with Gasteiger partial charge in [0.1, 0.15) is 12.0 Å². The standard InChI is InChI=1S/C22H17ClN2O3S/c23-15-8-10-16(11-9-15)25-19(17-7-4-12-29-17)18-20(28-25)22(27)24(21(18)26)13-14-5-2-1-3-6-14/h1-12,18-20H,13H2/t18-,19+,20-/m1/s1. The Bertz CT molecular complexity index is 1040. The van der Waals surface area contributed by atoms with E-state index in [-0.39, 0.29) is 24.4 Å². The van der Waals surface area contributed by atoms with Crippen LogP contribution in [-0.4, -0.2) is 22.8 Å². The molecule has 0 radical (unpaired) electrons. The molecule has 1 aromatic heterocycles. The molecule has 146 valence electrons. The van der Waals surface area contributed by atoms with Crippen LogP contribution in [0.5, 0.6) is 0 Å². The fourth-order valence-electron chi connectivity index (χ4n) is 3.95. The molecule has 5 rings (SSSR count). The van der Waals surface area contributed by atoms with E-state index in [4.69, 9.17) is 16.4 Å². The molecule has 0 spiro atoms. The molecule has 3 aromatic rings. The molecule has 0 N–H and O–H groups in total. The number of nitrogens with zero attached hydrogens (tertiary/aromatic N) is 2. The number of rotatable bonds is 4. The third kappa shape index (κ3) is 3.13. The van der Waals surface area contributed by atoms with Gasteiger partial charge in [-0.1, -0.05) is 48.0 Å². The first-order chi connectivity index (χ1) is 14.1. The van der Waals surface area contributed by atoms with E-state index in [1.165, 1.54) is 4.90 Å². The van der Waals surface area contributed by atoms with Gasteiger partial charge in [0.05, 0.1) is 12.2 Å². The number of amides is 2. The van der Waals surface area contributed by atoms with Crippen molar-refractivity contribution in [1.29, 1.82) is 0 Å². The van der Waals surface area contributed by atoms with E-state index in [9.17, 15) is 9.59 Å². The number of carbonyl (C=O) groups excluding carboxylic acids is 2. The summed E-state index contributed by atoms with van der Waals surface area (Å²) in [6.45, 7) is 0.257. The Hall–Kier alpha value is -2.67. The highest BCUT2D eigenvalue weighted by Gasteiger charge is 2.60. The second-order valence-electron chi connectivity index (χ2n) is 7.06. The molecule has 5 nitrogen and oxygen atoms in total. The number of likely N-dealkylation sites (tertiary alicyclic amines) is 1. The van der Waals surface area contributed by atoms with Gasteiger partial charge in [-0.2, -0.15) is 0 Å². The van der Waals surface area contributed by atoms with Gasteiger partial charge in [-0.15, -0.1) is 11.3 Å². The first kappa shape index (κ1) is 18.4. The maximum absolute atomic E-state index is 13.3. The van der Waals surface area contributed by atoms with E-state index in [2.05, 4.69) is 0 Å². The average molecular weight is 425 g/mol. The van der Waals surface area contributed by atoms with Gasteiger partial charge in [-0.25, -0.2) is 5.06 Å². The SMILES string of the molecule is O=C1[C@H]2[C@@H](ON(c3ccc(Cl)cc3)[C@H]2c2cccs2)C(=O)N1Cc1ccccc1. The van der Waals surface area contributed by atoms with Crippen molar-refractivity contribution in [3.8, 4) is 0 Å². The molecule has 29 heavy (non-hydrogen) atoms. The summed E-state index contributed by atoms with van der Waals surface area (Å²) < 4.78 is 0. The number of anilines is 1. The first-order valence-electron chi connectivity index (χ1n) is 9.27. The molecular weight excluding hydrogens is 408 g/mol. The zero-order valence-electron chi connectivity index (χ0n) is 15.3. The zero-order valence-corrected chi connectivity index (χ0v) is 16.8. The van der Waals surface area contributed by atoms with Gasteiger partial charge in [0.25, 0.3) is 5.91 Å². The van der Waals surface area contributed by atoms with Crippen LogP contribution in [0.4, 0.5) is 5.69 Å². The van der Waals surface area contributed by atoms with Crippen LogP contribution in [0.15, 0.2) is 72.1 Å². The number of benzene rings is 2. The predicted octanol–water partition coefficient (Wildman–Crippen LogP) is 4.45. The second-order valence-corrected chi connectivity index (χ2v) is 8.48. The van der Waals surface area contributed by atoms with Crippen molar-refractivity contribution in [1.82, 2.24) is 4.90 Å². The molecule has 2 saturated heterocycles. The summed E-state index contributed by atoms with van der Waals surface area (Å²) in [7, 11) is 0. The minimum absolute atomic E-state index is 0.196. The number of halogens is 1. The van der Waals surface area contributed by atoms with Crippen molar-refractivity contribution in [2.75, 3.05) is 5.06 Å².